The number of ether oxygens (including phenoxy) is 2. The third-order valence-electron chi connectivity index (χ3n) is 4.86. The molecule has 0 amide bonds. The van der Waals surface area contributed by atoms with E-state index in [1.54, 1.807) is 0 Å². The van der Waals surface area contributed by atoms with E-state index in [2.05, 4.69) is 11.8 Å². The SMILES string of the molecule is CCCCCCCCCCCCCC(=O)OC[C@H](COC(C(O)CO)P(=O)(O)O)OO. The van der Waals surface area contributed by atoms with Crippen molar-refractivity contribution in [3.8, 4) is 0 Å². The predicted molar refractivity (Wildman–Crippen MR) is 114 cm³/mol. The molecule has 0 saturated carbocycles. The first-order chi connectivity index (χ1) is 14.8. The summed E-state index contributed by atoms with van der Waals surface area (Å²) in [7, 11) is -4.87. The third kappa shape index (κ3) is 16.7. The molecule has 3 atom stereocenters. The minimum atomic E-state index is -4.87. The van der Waals surface area contributed by atoms with Crippen molar-refractivity contribution >= 4 is 13.6 Å². The van der Waals surface area contributed by atoms with Gasteiger partial charge in [0.05, 0.1) is 13.2 Å². The zero-order chi connectivity index (χ0) is 23.5. The second-order valence-electron chi connectivity index (χ2n) is 7.76. The second kappa shape index (κ2) is 18.9. The van der Waals surface area contributed by atoms with Crippen molar-refractivity contribution in [2.45, 2.75) is 102 Å². The molecule has 0 aromatic carbocycles. The fraction of sp³-hybridized carbons (Fsp3) is 0.950. The summed E-state index contributed by atoms with van der Waals surface area (Å²) in [6.45, 7) is 0.347. The summed E-state index contributed by atoms with van der Waals surface area (Å²) in [6, 6.07) is 0. The molecule has 2 unspecified atom stereocenters. The van der Waals surface area contributed by atoms with Crippen LogP contribution in [-0.2, 0) is 23.7 Å². The van der Waals surface area contributed by atoms with Crippen LogP contribution in [-0.4, -0.2) is 69.1 Å². The minimum absolute atomic E-state index is 0.227. The monoisotopic (exact) mass is 472 g/mol. The van der Waals surface area contributed by atoms with Crippen molar-refractivity contribution < 1.29 is 49.0 Å². The molecular weight excluding hydrogens is 431 g/mol. The van der Waals surface area contributed by atoms with Crippen LogP contribution in [0.25, 0.3) is 0 Å². The Labute approximate surface area is 185 Å². The van der Waals surface area contributed by atoms with Crippen LogP contribution in [0.1, 0.15) is 84.0 Å². The Balaban J connectivity index is 3.87. The van der Waals surface area contributed by atoms with Crippen LogP contribution in [0.2, 0.25) is 0 Å². The number of carbonyl (C=O) groups excluding carboxylic acids is 1. The van der Waals surface area contributed by atoms with Gasteiger partial charge >= 0.3 is 13.6 Å². The summed E-state index contributed by atoms with van der Waals surface area (Å²) in [4.78, 5) is 34.1. The Bertz CT molecular complexity index is 485. The summed E-state index contributed by atoms with van der Waals surface area (Å²) in [5.41, 5.74) is 0. The van der Waals surface area contributed by atoms with Gasteiger partial charge in [0.1, 0.15) is 18.8 Å². The van der Waals surface area contributed by atoms with Gasteiger partial charge in [0.2, 0.25) is 0 Å². The van der Waals surface area contributed by atoms with Crippen LogP contribution in [0.4, 0.5) is 0 Å². The van der Waals surface area contributed by atoms with Crippen LogP contribution >= 0.6 is 7.60 Å². The van der Waals surface area contributed by atoms with Crippen LogP contribution in [0.3, 0.4) is 0 Å². The topological polar surface area (TPSA) is 163 Å². The molecule has 186 valence electrons. The lowest BCUT2D eigenvalue weighted by Gasteiger charge is -2.24. The lowest BCUT2D eigenvalue weighted by atomic mass is 10.1. The fourth-order valence-electron chi connectivity index (χ4n) is 3.03. The molecule has 0 spiro atoms. The number of unbranched alkanes of at least 4 members (excludes halogenated alkanes) is 10. The first-order valence-corrected chi connectivity index (χ1v) is 12.9. The van der Waals surface area contributed by atoms with E-state index >= 15 is 0 Å². The van der Waals surface area contributed by atoms with Gasteiger partial charge in [0.25, 0.3) is 0 Å². The maximum Gasteiger partial charge on any atom is 0.356 e. The van der Waals surface area contributed by atoms with Crippen LogP contribution in [0, 0.1) is 0 Å². The highest BCUT2D eigenvalue weighted by Gasteiger charge is 2.37. The van der Waals surface area contributed by atoms with E-state index in [1.165, 1.54) is 44.9 Å². The summed E-state index contributed by atoms with van der Waals surface area (Å²) >= 11 is 0. The van der Waals surface area contributed by atoms with E-state index in [0.717, 1.165) is 19.3 Å². The van der Waals surface area contributed by atoms with Crippen LogP contribution in [0.15, 0.2) is 0 Å². The van der Waals surface area contributed by atoms with Gasteiger partial charge in [-0.15, -0.1) is 0 Å². The average molecular weight is 473 g/mol. The van der Waals surface area contributed by atoms with Gasteiger partial charge in [-0.25, -0.2) is 4.89 Å². The van der Waals surface area contributed by atoms with E-state index in [4.69, 9.17) is 29.6 Å². The molecular formula is C20H41O10P. The van der Waals surface area contributed by atoms with Crippen LogP contribution in [0.5, 0.6) is 0 Å². The van der Waals surface area contributed by atoms with E-state index < -0.39 is 44.8 Å². The molecule has 0 radical (unpaired) electrons. The molecule has 0 fully saturated rings. The van der Waals surface area contributed by atoms with Gasteiger partial charge in [-0.05, 0) is 6.42 Å². The standard InChI is InChI=1S/C20H41O10P/c1-2-3-4-5-6-7-8-9-10-11-12-13-19(23)28-15-17(30-24)16-29-20(18(22)14-21)31(25,26)27/h17-18,20-22,24H,2-16H2,1H3,(H2,25,26,27)/t17-,18?,20?/m1/s1. The Morgan fingerprint density at radius 1 is 0.903 bits per heavy atom. The number of rotatable bonds is 21. The smallest absolute Gasteiger partial charge is 0.356 e. The molecule has 0 bridgehead atoms. The Morgan fingerprint density at radius 3 is 1.87 bits per heavy atom. The van der Waals surface area contributed by atoms with Gasteiger partial charge in [0, 0.05) is 6.42 Å². The molecule has 0 aliphatic carbocycles. The predicted octanol–water partition coefficient (Wildman–Crippen LogP) is 2.96. The van der Waals surface area contributed by atoms with Crippen molar-refractivity contribution in [2.75, 3.05) is 19.8 Å². The zero-order valence-electron chi connectivity index (χ0n) is 18.6. The quantitative estimate of drug-likeness (QED) is 0.0552. The highest BCUT2D eigenvalue weighted by Crippen LogP contribution is 2.43. The summed E-state index contributed by atoms with van der Waals surface area (Å²) in [5, 5.41) is 27.1. The van der Waals surface area contributed by atoms with Crippen molar-refractivity contribution in [1.29, 1.82) is 0 Å². The molecule has 0 aromatic heterocycles. The number of hydrogen-bond acceptors (Lipinski definition) is 8. The van der Waals surface area contributed by atoms with Crippen molar-refractivity contribution in [2.24, 2.45) is 0 Å². The van der Waals surface area contributed by atoms with Gasteiger partial charge in [-0.2, -0.15) is 0 Å². The first-order valence-electron chi connectivity index (χ1n) is 11.2. The summed E-state index contributed by atoms with van der Waals surface area (Å²) in [5.74, 6) is -2.46. The lowest BCUT2D eigenvalue weighted by molar-refractivity contribution is -0.296. The van der Waals surface area contributed by atoms with E-state index in [9.17, 15) is 14.5 Å². The molecule has 0 aromatic rings. The molecule has 0 aliphatic heterocycles. The average Bonchev–Trinajstić information content (AvgIpc) is 2.73. The molecule has 31 heavy (non-hydrogen) atoms. The summed E-state index contributed by atoms with van der Waals surface area (Å²) < 4.78 is 21.1. The maximum absolute atomic E-state index is 11.8. The third-order valence-corrected chi connectivity index (χ3v) is 6.02. The Kier molecular flexibility index (Phi) is 18.6. The Morgan fingerprint density at radius 2 is 1.42 bits per heavy atom. The maximum atomic E-state index is 11.8. The van der Waals surface area contributed by atoms with Gasteiger partial charge < -0.3 is 29.5 Å². The van der Waals surface area contributed by atoms with E-state index in [0.29, 0.717) is 6.42 Å². The van der Waals surface area contributed by atoms with Crippen LogP contribution < -0.4 is 0 Å². The highest BCUT2D eigenvalue weighted by atomic mass is 31.2. The number of carbonyl (C=O) groups is 1. The van der Waals surface area contributed by atoms with Gasteiger partial charge in [-0.3, -0.25) is 14.6 Å². The fourth-order valence-corrected chi connectivity index (χ4v) is 3.85. The van der Waals surface area contributed by atoms with Gasteiger partial charge in [0.15, 0.2) is 5.85 Å². The van der Waals surface area contributed by atoms with Crippen molar-refractivity contribution in [3.05, 3.63) is 0 Å². The normalized spacial score (nSPS) is 14.9. The number of hydrogen-bond donors (Lipinski definition) is 5. The molecule has 11 heteroatoms. The van der Waals surface area contributed by atoms with Gasteiger partial charge in [-0.1, -0.05) is 71.1 Å². The van der Waals surface area contributed by atoms with E-state index in [1.807, 2.05) is 0 Å². The molecule has 0 saturated heterocycles. The lowest BCUT2D eigenvalue weighted by Crippen LogP contribution is -2.36. The number of aliphatic hydroxyl groups is 2. The molecule has 0 aliphatic rings. The molecule has 0 rings (SSSR count). The van der Waals surface area contributed by atoms with Crippen molar-refractivity contribution in [3.63, 3.8) is 0 Å². The molecule has 10 nitrogen and oxygen atoms in total. The Hall–Kier alpha value is -0.580. The first kappa shape index (κ1) is 30.4. The summed E-state index contributed by atoms with van der Waals surface area (Å²) in [6.07, 6.45) is 10.0. The number of aliphatic hydroxyl groups excluding tert-OH is 2. The highest BCUT2D eigenvalue weighted by molar-refractivity contribution is 7.52. The molecule has 5 N–H and O–H groups in total. The van der Waals surface area contributed by atoms with E-state index in [-0.39, 0.29) is 13.0 Å². The minimum Gasteiger partial charge on any atom is -0.463 e. The second-order valence-corrected chi connectivity index (χ2v) is 9.45. The van der Waals surface area contributed by atoms with Crippen molar-refractivity contribution in [1.82, 2.24) is 0 Å². The largest absolute Gasteiger partial charge is 0.463 e. The molecule has 0 heterocycles. The zero-order valence-corrected chi connectivity index (χ0v) is 19.5. The number of esters is 1.